The van der Waals surface area contributed by atoms with Crippen LogP contribution in [-0.4, -0.2) is 17.6 Å². The van der Waals surface area contributed by atoms with Crippen molar-refractivity contribution >= 4 is 5.97 Å². The predicted octanol–water partition coefficient (Wildman–Crippen LogP) is 1.79. The van der Waals surface area contributed by atoms with Crippen molar-refractivity contribution < 1.29 is 22.7 Å². The highest BCUT2D eigenvalue weighted by Gasteiger charge is 2.22. The Hall–Kier alpha value is -1.63. The van der Waals surface area contributed by atoms with E-state index in [4.69, 9.17) is 5.73 Å². The average Bonchev–Trinajstić information content (AvgIpc) is 2.27. The first-order chi connectivity index (χ1) is 8.01. The number of rotatable bonds is 4. The molecule has 0 saturated carbocycles. The Kier molecular flexibility index (Phi) is 4.45. The van der Waals surface area contributed by atoms with Crippen molar-refractivity contribution in [2.75, 3.05) is 6.61 Å². The highest BCUT2D eigenvalue weighted by atomic mass is 19.3. The molecular weight excluding hydrogens is 237 g/mol. The van der Waals surface area contributed by atoms with Gasteiger partial charge in [-0.2, -0.15) is 4.39 Å². The van der Waals surface area contributed by atoms with Crippen LogP contribution < -0.4 is 5.73 Å². The molecule has 1 rings (SSSR count). The number of carbonyl (C=O) groups excluding carboxylic acids is 1. The maximum atomic E-state index is 13.4. The lowest BCUT2D eigenvalue weighted by molar-refractivity contribution is 0.0517. The summed E-state index contributed by atoms with van der Waals surface area (Å²) in [6, 6.07) is 0.903. The van der Waals surface area contributed by atoms with Gasteiger partial charge in [0, 0.05) is 6.54 Å². The second-order valence-electron chi connectivity index (χ2n) is 3.10. The van der Waals surface area contributed by atoms with E-state index in [1.54, 1.807) is 6.92 Å². The van der Waals surface area contributed by atoms with Gasteiger partial charge in [-0.1, -0.05) is 0 Å². The first-order valence-corrected chi connectivity index (χ1v) is 4.85. The van der Waals surface area contributed by atoms with Crippen LogP contribution in [0.3, 0.4) is 0 Å². The summed E-state index contributed by atoms with van der Waals surface area (Å²) in [5, 5.41) is 0. The minimum absolute atomic E-state index is 0.0406. The number of nitrogens with two attached hydrogens (primary N) is 1. The molecule has 4 nitrogen and oxygen atoms in total. The standard InChI is InChI=1S/C10H11F3N2O2/c1-2-17-10(16)7-5(4-14)3-6(8(11)12)15-9(7)13/h3,8H,2,4,14H2,1H3. The van der Waals surface area contributed by atoms with Crippen molar-refractivity contribution in [3.63, 3.8) is 0 Å². The van der Waals surface area contributed by atoms with Crippen molar-refractivity contribution in [1.82, 2.24) is 4.98 Å². The summed E-state index contributed by atoms with van der Waals surface area (Å²) in [4.78, 5) is 14.4. The van der Waals surface area contributed by atoms with Gasteiger partial charge in [-0.3, -0.25) is 0 Å². The molecule has 0 aliphatic heterocycles. The van der Waals surface area contributed by atoms with Crippen LogP contribution in [0.5, 0.6) is 0 Å². The summed E-state index contributed by atoms with van der Waals surface area (Å²) in [6.45, 7) is 1.32. The smallest absolute Gasteiger partial charge is 0.343 e. The van der Waals surface area contributed by atoms with Crippen LogP contribution in [0.15, 0.2) is 6.07 Å². The van der Waals surface area contributed by atoms with E-state index >= 15 is 0 Å². The molecule has 0 fully saturated rings. The fourth-order valence-corrected chi connectivity index (χ4v) is 1.28. The van der Waals surface area contributed by atoms with Crippen molar-refractivity contribution in [3.05, 3.63) is 28.8 Å². The molecule has 0 saturated heterocycles. The van der Waals surface area contributed by atoms with Gasteiger partial charge < -0.3 is 10.5 Å². The second kappa shape index (κ2) is 5.62. The number of aromatic nitrogens is 1. The lowest BCUT2D eigenvalue weighted by Crippen LogP contribution is -2.15. The Morgan fingerprint density at radius 1 is 1.59 bits per heavy atom. The summed E-state index contributed by atoms with van der Waals surface area (Å²) >= 11 is 0. The quantitative estimate of drug-likeness (QED) is 0.651. The SMILES string of the molecule is CCOC(=O)c1c(CN)cc(C(F)F)nc1F. The van der Waals surface area contributed by atoms with Crippen molar-refractivity contribution in [2.45, 2.75) is 19.9 Å². The summed E-state index contributed by atoms with van der Waals surface area (Å²) in [6.07, 6.45) is -2.92. The number of hydrogen-bond donors (Lipinski definition) is 1. The van der Waals surface area contributed by atoms with E-state index in [0.29, 0.717) is 0 Å². The van der Waals surface area contributed by atoms with E-state index in [0.717, 1.165) is 6.07 Å². The third-order valence-corrected chi connectivity index (χ3v) is 2.00. The van der Waals surface area contributed by atoms with Gasteiger partial charge in [-0.15, -0.1) is 0 Å². The third-order valence-electron chi connectivity index (χ3n) is 2.00. The van der Waals surface area contributed by atoms with Crippen LogP contribution in [0.2, 0.25) is 0 Å². The normalized spacial score (nSPS) is 10.7. The highest BCUT2D eigenvalue weighted by molar-refractivity contribution is 5.91. The van der Waals surface area contributed by atoms with Gasteiger partial charge in [0.25, 0.3) is 6.43 Å². The molecule has 17 heavy (non-hydrogen) atoms. The van der Waals surface area contributed by atoms with Crippen LogP contribution in [-0.2, 0) is 11.3 Å². The van der Waals surface area contributed by atoms with E-state index in [1.807, 2.05) is 0 Å². The van der Waals surface area contributed by atoms with Gasteiger partial charge in [-0.25, -0.2) is 18.6 Å². The molecule has 2 N–H and O–H groups in total. The Balaban J connectivity index is 3.25. The summed E-state index contributed by atoms with van der Waals surface area (Å²) in [7, 11) is 0. The van der Waals surface area contributed by atoms with Crippen molar-refractivity contribution in [2.24, 2.45) is 5.73 Å². The molecule has 0 amide bonds. The molecule has 0 bridgehead atoms. The zero-order chi connectivity index (χ0) is 13.0. The molecule has 94 valence electrons. The van der Waals surface area contributed by atoms with E-state index in [2.05, 4.69) is 9.72 Å². The summed E-state index contributed by atoms with van der Waals surface area (Å²) in [5.74, 6) is -2.25. The number of hydrogen-bond acceptors (Lipinski definition) is 4. The Morgan fingerprint density at radius 2 is 2.24 bits per heavy atom. The molecule has 1 aromatic heterocycles. The van der Waals surface area contributed by atoms with Crippen molar-refractivity contribution in [1.29, 1.82) is 0 Å². The molecular formula is C10H11F3N2O2. The fraction of sp³-hybridized carbons (Fsp3) is 0.400. The average molecular weight is 248 g/mol. The molecule has 0 atom stereocenters. The number of halogens is 3. The molecule has 0 aromatic carbocycles. The van der Waals surface area contributed by atoms with Gasteiger partial charge in [0.1, 0.15) is 11.3 Å². The maximum absolute atomic E-state index is 13.4. The Bertz CT molecular complexity index is 424. The molecule has 7 heteroatoms. The van der Waals surface area contributed by atoms with Gasteiger partial charge in [0.15, 0.2) is 0 Å². The minimum Gasteiger partial charge on any atom is -0.462 e. The molecule has 1 heterocycles. The molecule has 0 aliphatic rings. The largest absolute Gasteiger partial charge is 0.462 e. The number of esters is 1. The monoisotopic (exact) mass is 248 g/mol. The third kappa shape index (κ3) is 2.94. The Labute approximate surface area is 95.6 Å². The van der Waals surface area contributed by atoms with Gasteiger partial charge in [-0.05, 0) is 18.6 Å². The van der Waals surface area contributed by atoms with Crippen LogP contribution >= 0.6 is 0 Å². The summed E-state index contributed by atoms with van der Waals surface area (Å²) < 4.78 is 42.7. The number of ether oxygens (including phenoxy) is 1. The van der Waals surface area contributed by atoms with Crippen LogP contribution in [0.4, 0.5) is 13.2 Å². The van der Waals surface area contributed by atoms with E-state index < -0.39 is 29.6 Å². The zero-order valence-electron chi connectivity index (χ0n) is 9.04. The van der Waals surface area contributed by atoms with Crippen LogP contribution in [0.1, 0.15) is 35.0 Å². The first kappa shape index (κ1) is 13.4. The van der Waals surface area contributed by atoms with Gasteiger partial charge in [0.2, 0.25) is 5.95 Å². The predicted molar refractivity (Wildman–Crippen MR) is 53.0 cm³/mol. The van der Waals surface area contributed by atoms with Gasteiger partial charge in [0.05, 0.1) is 6.61 Å². The maximum Gasteiger partial charge on any atom is 0.343 e. The van der Waals surface area contributed by atoms with Crippen LogP contribution in [0.25, 0.3) is 0 Å². The molecule has 0 radical (unpaired) electrons. The number of alkyl halides is 2. The lowest BCUT2D eigenvalue weighted by Gasteiger charge is -2.09. The molecule has 0 aliphatic carbocycles. The van der Waals surface area contributed by atoms with Crippen LogP contribution in [0, 0.1) is 5.95 Å². The molecule has 0 unspecified atom stereocenters. The molecule has 1 aromatic rings. The second-order valence-corrected chi connectivity index (χ2v) is 3.10. The minimum atomic E-state index is -2.92. The number of pyridine rings is 1. The number of nitrogens with zero attached hydrogens (tertiary/aromatic N) is 1. The number of carbonyl (C=O) groups is 1. The van der Waals surface area contributed by atoms with E-state index in [9.17, 15) is 18.0 Å². The van der Waals surface area contributed by atoms with Gasteiger partial charge >= 0.3 is 5.97 Å². The van der Waals surface area contributed by atoms with Crippen molar-refractivity contribution in [3.8, 4) is 0 Å². The fourth-order valence-electron chi connectivity index (χ4n) is 1.28. The highest BCUT2D eigenvalue weighted by Crippen LogP contribution is 2.22. The Morgan fingerprint density at radius 3 is 2.71 bits per heavy atom. The lowest BCUT2D eigenvalue weighted by atomic mass is 10.1. The zero-order valence-corrected chi connectivity index (χ0v) is 9.04. The molecule has 0 spiro atoms. The van der Waals surface area contributed by atoms with E-state index in [-0.39, 0.29) is 18.7 Å². The first-order valence-electron chi connectivity index (χ1n) is 4.85. The topological polar surface area (TPSA) is 65.2 Å². The van der Waals surface area contributed by atoms with E-state index in [1.165, 1.54) is 0 Å². The summed E-state index contributed by atoms with van der Waals surface area (Å²) in [5.41, 5.74) is 3.98.